The van der Waals surface area contributed by atoms with Crippen molar-refractivity contribution in [3.8, 4) is 17.2 Å². The zero-order chi connectivity index (χ0) is 34.1. The summed E-state index contributed by atoms with van der Waals surface area (Å²) < 4.78 is 16.3. The molecule has 2 N–H and O–H groups in total. The summed E-state index contributed by atoms with van der Waals surface area (Å²) in [6, 6.07) is 18.8. The van der Waals surface area contributed by atoms with Crippen LogP contribution in [0.1, 0.15) is 83.3 Å². The van der Waals surface area contributed by atoms with E-state index >= 15 is 0 Å². The molecule has 0 spiro atoms. The number of hydrogen-bond acceptors (Lipinski definition) is 7. The summed E-state index contributed by atoms with van der Waals surface area (Å²) in [5.41, 5.74) is 3.56. The molecule has 3 saturated carbocycles. The molecule has 3 unspecified atom stereocenters. The molecule has 0 radical (unpaired) electrons. The molecule has 3 aliphatic carbocycles. The van der Waals surface area contributed by atoms with E-state index in [1.165, 1.54) is 11.1 Å². The molecule has 0 bridgehead atoms. The molecule has 0 saturated heterocycles. The average Bonchev–Trinajstić information content (AvgIpc) is 3.34. The lowest BCUT2D eigenvalue weighted by atomic mass is 9.47. The van der Waals surface area contributed by atoms with Crippen LogP contribution in [0.2, 0.25) is 0 Å². The van der Waals surface area contributed by atoms with Gasteiger partial charge in [0.25, 0.3) is 0 Å². The van der Waals surface area contributed by atoms with Gasteiger partial charge in [0, 0.05) is 5.41 Å². The molecule has 4 aliphatic rings. The second kappa shape index (κ2) is 13.4. The topological polar surface area (TPSA) is 118 Å². The highest BCUT2D eigenvalue weighted by Gasteiger charge is 2.64. The highest BCUT2D eigenvalue weighted by Crippen LogP contribution is 2.68. The molecule has 1 heterocycles. The Kier molecular flexibility index (Phi) is 9.46. The monoisotopic (exact) mass is 652 g/mol. The van der Waals surface area contributed by atoms with Crippen LogP contribution in [-0.2, 0) is 19.0 Å². The smallest absolute Gasteiger partial charge is 0.408 e. The molecular weight excluding hydrogens is 604 g/mol. The third kappa shape index (κ3) is 6.75. The molecule has 2 aromatic carbocycles. The van der Waals surface area contributed by atoms with Gasteiger partial charge in [-0.05, 0) is 129 Å². The van der Waals surface area contributed by atoms with Gasteiger partial charge in [0.2, 0.25) is 0 Å². The number of benzene rings is 2. The van der Waals surface area contributed by atoms with Gasteiger partial charge in [-0.25, -0.2) is 4.79 Å². The zero-order valence-electron chi connectivity index (χ0n) is 28.5. The number of nitrogens with one attached hydrogen (secondary N) is 1. The predicted molar refractivity (Wildman–Crippen MR) is 182 cm³/mol. The van der Waals surface area contributed by atoms with Gasteiger partial charge in [-0.2, -0.15) is 5.26 Å². The minimum absolute atomic E-state index is 0.0143. The van der Waals surface area contributed by atoms with Crippen molar-refractivity contribution in [2.24, 2.45) is 29.1 Å². The van der Waals surface area contributed by atoms with E-state index in [1.54, 1.807) is 26.8 Å². The fourth-order valence-corrected chi connectivity index (χ4v) is 9.27. The molecule has 48 heavy (non-hydrogen) atoms. The highest BCUT2D eigenvalue weighted by molar-refractivity contribution is 5.78. The average molecular weight is 653 g/mol. The summed E-state index contributed by atoms with van der Waals surface area (Å²) >= 11 is 0. The summed E-state index contributed by atoms with van der Waals surface area (Å²) in [6.45, 7) is 8.02. The van der Waals surface area contributed by atoms with Crippen LogP contribution in [-0.4, -0.2) is 48.1 Å². The highest BCUT2D eigenvalue weighted by atomic mass is 16.6. The van der Waals surface area contributed by atoms with Crippen LogP contribution in [0, 0.1) is 40.4 Å². The van der Waals surface area contributed by atoms with Crippen molar-refractivity contribution < 1.29 is 28.9 Å². The lowest BCUT2D eigenvalue weighted by Gasteiger charge is -2.58. The van der Waals surface area contributed by atoms with E-state index in [0.717, 1.165) is 49.8 Å². The predicted octanol–water partition coefficient (Wildman–Crippen LogP) is 7.43. The second-order valence-electron chi connectivity index (χ2n) is 15.3. The number of ether oxygens (including phenoxy) is 3. The number of esters is 1. The number of hydrogen-bond donors (Lipinski definition) is 2. The Labute approximate surface area is 284 Å². The van der Waals surface area contributed by atoms with Crippen LogP contribution in [0.3, 0.4) is 0 Å². The fourth-order valence-electron chi connectivity index (χ4n) is 9.27. The Morgan fingerprint density at radius 2 is 1.77 bits per heavy atom. The zero-order valence-corrected chi connectivity index (χ0v) is 28.5. The molecule has 3 fully saturated rings. The van der Waals surface area contributed by atoms with E-state index in [0.29, 0.717) is 35.7 Å². The Morgan fingerprint density at radius 1 is 1.06 bits per heavy atom. The Balaban J connectivity index is 1.20. The number of fused-ring (bicyclic) bond motifs is 5. The molecule has 254 valence electrons. The number of nitrogens with zero attached hydrogens (tertiary/aromatic N) is 1. The summed E-state index contributed by atoms with van der Waals surface area (Å²) in [4.78, 5) is 24.2. The number of carbonyl (C=O) groups is 2. The van der Waals surface area contributed by atoms with Gasteiger partial charge < -0.3 is 24.6 Å². The van der Waals surface area contributed by atoms with Crippen molar-refractivity contribution in [2.45, 2.75) is 83.3 Å². The molecular formula is C40H48N2O6. The van der Waals surface area contributed by atoms with Crippen molar-refractivity contribution in [3.63, 3.8) is 0 Å². The minimum atomic E-state index is -1.03. The molecule has 7 atom stereocenters. The Morgan fingerprint density at radius 3 is 2.46 bits per heavy atom. The first-order chi connectivity index (χ1) is 22.9. The first kappa shape index (κ1) is 33.8. The quantitative estimate of drug-likeness (QED) is 0.236. The first-order valence-electron chi connectivity index (χ1n) is 17.3. The van der Waals surface area contributed by atoms with Gasteiger partial charge in [0.1, 0.15) is 18.8 Å². The molecule has 1 aliphatic heterocycles. The molecule has 8 heteroatoms. The van der Waals surface area contributed by atoms with E-state index in [-0.39, 0.29) is 24.5 Å². The number of rotatable bonds is 7. The van der Waals surface area contributed by atoms with E-state index in [2.05, 4.69) is 42.6 Å². The Bertz CT molecular complexity index is 1600. The maximum absolute atomic E-state index is 12.4. The molecule has 1 amide bonds. The van der Waals surface area contributed by atoms with Crippen LogP contribution in [0.5, 0.6) is 0 Å². The SMILES string of the molecule is CC(C)(C)OC(=O)NCC(=O)OC/C=C\[C@]1(O)CC[C@H]2C3CCC4=COCCC4C3[C@@H](c3ccc(-c4ccc(C#N)cc4)cc3)C[C@@]21C. The maximum Gasteiger partial charge on any atom is 0.408 e. The van der Waals surface area contributed by atoms with E-state index in [1.807, 2.05) is 36.6 Å². The fraction of sp³-hybridized carbons (Fsp3) is 0.525. The van der Waals surface area contributed by atoms with Crippen molar-refractivity contribution in [1.29, 1.82) is 5.26 Å². The van der Waals surface area contributed by atoms with E-state index in [9.17, 15) is 20.0 Å². The van der Waals surface area contributed by atoms with Gasteiger partial charge in [-0.1, -0.05) is 49.4 Å². The normalized spacial score (nSPS) is 30.9. The number of allylic oxidation sites excluding steroid dienone is 1. The van der Waals surface area contributed by atoms with E-state index < -0.39 is 23.3 Å². The number of aliphatic hydroxyl groups is 1. The van der Waals surface area contributed by atoms with Crippen molar-refractivity contribution >= 4 is 12.1 Å². The van der Waals surface area contributed by atoms with Crippen molar-refractivity contribution in [3.05, 3.63) is 83.6 Å². The molecule has 6 rings (SSSR count). The standard InChI is InChI=1S/C40H48N2O6/c1-38(2,3)48-37(44)42-24-35(43)47-20-5-18-40(45)19-16-34-32-15-14-30-25-46-21-17-31(30)36(32)33(22-39(34,40)4)29-12-10-28(11-13-29)27-8-6-26(23-41)7-9-27/h5-13,18,25,31-34,36,45H,14-17,19-22,24H2,1-4H3,(H,42,44)/b18-5-/t31?,32?,33-,34+,36?,39+,40+/m1/s1. The Hall–Kier alpha value is -4.09. The minimum Gasteiger partial charge on any atom is -0.501 e. The largest absolute Gasteiger partial charge is 0.501 e. The number of nitriles is 1. The van der Waals surface area contributed by atoms with Crippen molar-refractivity contribution in [1.82, 2.24) is 5.32 Å². The molecule has 2 aromatic rings. The lowest BCUT2D eigenvalue weighted by Crippen LogP contribution is -2.54. The van der Waals surface area contributed by atoms with Gasteiger partial charge in [-0.3, -0.25) is 4.79 Å². The molecule has 0 aromatic heterocycles. The number of carbonyl (C=O) groups excluding carboxylic acids is 2. The van der Waals surface area contributed by atoms with Crippen LogP contribution < -0.4 is 5.32 Å². The first-order valence-corrected chi connectivity index (χ1v) is 17.3. The number of amides is 1. The summed E-state index contributed by atoms with van der Waals surface area (Å²) in [6.07, 6.45) is 10.7. The summed E-state index contributed by atoms with van der Waals surface area (Å²) in [5.74, 6) is 1.55. The van der Waals surface area contributed by atoms with Crippen LogP contribution in [0.25, 0.3) is 11.1 Å². The summed E-state index contributed by atoms with van der Waals surface area (Å²) in [5, 5.41) is 24.0. The van der Waals surface area contributed by atoms with Gasteiger partial charge in [0.15, 0.2) is 0 Å². The lowest BCUT2D eigenvalue weighted by molar-refractivity contribution is -0.141. The second-order valence-corrected chi connectivity index (χ2v) is 15.3. The third-order valence-electron chi connectivity index (χ3n) is 11.4. The van der Waals surface area contributed by atoms with Crippen molar-refractivity contribution in [2.75, 3.05) is 19.8 Å². The van der Waals surface area contributed by atoms with Crippen LogP contribution >= 0.6 is 0 Å². The van der Waals surface area contributed by atoms with Crippen LogP contribution in [0.15, 0.2) is 72.5 Å². The molecule has 8 nitrogen and oxygen atoms in total. The van der Waals surface area contributed by atoms with Gasteiger partial charge in [0.05, 0.1) is 30.1 Å². The maximum atomic E-state index is 12.4. The van der Waals surface area contributed by atoms with Gasteiger partial charge in [-0.15, -0.1) is 0 Å². The number of alkyl carbamates (subject to hydrolysis) is 1. The van der Waals surface area contributed by atoms with Crippen LogP contribution in [0.4, 0.5) is 4.79 Å². The van der Waals surface area contributed by atoms with E-state index in [4.69, 9.17) is 14.2 Å². The van der Waals surface area contributed by atoms with Gasteiger partial charge >= 0.3 is 12.1 Å². The summed E-state index contributed by atoms with van der Waals surface area (Å²) in [7, 11) is 0. The third-order valence-corrected chi connectivity index (χ3v) is 11.4.